The molecule has 0 radical (unpaired) electrons. The fourth-order valence-corrected chi connectivity index (χ4v) is 3.35. The predicted octanol–water partition coefficient (Wildman–Crippen LogP) is 5.87. The molecule has 1 heterocycles. The Labute approximate surface area is 123 Å². The zero-order valence-electron chi connectivity index (χ0n) is 12.7. The predicted molar refractivity (Wildman–Crippen MR) is 85.9 cm³/mol. The van der Waals surface area contributed by atoms with E-state index in [2.05, 4.69) is 26.0 Å². The van der Waals surface area contributed by atoms with Gasteiger partial charge in [0, 0.05) is 9.75 Å². The van der Waals surface area contributed by atoms with Crippen molar-refractivity contribution in [3.63, 3.8) is 0 Å². The number of thiophene rings is 1. The van der Waals surface area contributed by atoms with Crippen LogP contribution in [0.3, 0.4) is 0 Å². The van der Waals surface area contributed by atoms with E-state index in [1.54, 1.807) is 11.3 Å². The van der Waals surface area contributed by atoms with Crippen LogP contribution >= 0.6 is 11.3 Å². The fourth-order valence-electron chi connectivity index (χ4n) is 2.38. The Morgan fingerprint density at radius 3 is 2.16 bits per heavy atom. The smallest absolute Gasteiger partial charge is 0.0882 e. The molecular weight excluding hydrogens is 252 g/mol. The van der Waals surface area contributed by atoms with Gasteiger partial charge >= 0.3 is 0 Å². The molecule has 1 N–H and O–H groups in total. The molecule has 2 heteroatoms. The fraction of sp³-hybridized carbons (Fsp3) is 0.765. The number of aryl methyl sites for hydroxylation is 1. The third-order valence-electron chi connectivity index (χ3n) is 3.69. The molecule has 0 saturated carbocycles. The van der Waals surface area contributed by atoms with Crippen LogP contribution in [0.5, 0.6) is 0 Å². The van der Waals surface area contributed by atoms with Crippen molar-refractivity contribution in [1.29, 1.82) is 0 Å². The van der Waals surface area contributed by atoms with Gasteiger partial charge in [-0.05, 0) is 25.0 Å². The molecule has 0 aliphatic rings. The molecular formula is C17H30OS. The molecule has 1 unspecified atom stereocenters. The minimum atomic E-state index is -0.231. The summed E-state index contributed by atoms with van der Waals surface area (Å²) in [5.74, 6) is 0. The van der Waals surface area contributed by atoms with Crippen molar-refractivity contribution < 1.29 is 5.11 Å². The highest BCUT2D eigenvalue weighted by atomic mass is 32.1. The summed E-state index contributed by atoms with van der Waals surface area (Å²) in [5, 5.41) is 10.1. The summed E-state index contributed by atoms with van der Waals surface area (Å²) >= 11 is 1.77. The molecule has 0 amide bonds. The molecule has 0 fully saturated rings. The molecule has 1 atom stereocenters. The van der Waals surface area contributed by atoms with E-state index in [0.29, 0.717) is 0 Å². The maximum absolute atomic E-state index is 10.1. The quantitative estimate of drug-likeness (QED) is 0.503. The number of hydrogen-bond acceptors (Lipinski definition) is 2. The van der Waals surface area contributed by atoms with Crippen molar-refractivity contribution in [1.82, 2.24) is 0 Å². The molecule has 0 bridgehead atoms. The van der Waals surface area contributed by atoms with Crippen molar-refractivity contribution in [2.45, 2.75) is 84.2 Å². The lowest BCUT2D eigenvalue weighted by Gasteiger charge is -2.08. The second kappa shape index (κ2) is 10.4. The minimum absolute atomic E-state index is 0.231. The van der Waals surface area contributed by atoms with Crippen molar-refractivity contribution in [2.24, 2.45) is 0 Å². The van der Waals surface area contributed by atoms with Crippen LogP contribution in [-0.2, 0) is 6.42 Å². The van der Waals surface area contributed by atoms with Crippen molar-refractivity contribution in [3.05, 3.63) is 21.9 Å². The molecule has 110 valence electrons. The van der Waals surface area contributed by atoms with Crippen LogP contribution in [0, 0.1) is 0 Å². The number of aliphatic hydroxyl groups is 1. The second-order valence-electron chi connectivity index (χ2n) is 5.44. The molecule has 0 aromatic carbocycles. The summed E-state index contributed by atoms with van der Waals surface area (Å²) in [4.78, 5) is 2.53. The van der Waals surface area contributed by atoms with Gasteiger partial charge in [0.15, 0.2) is 0 Å². The van der Waals surface area contributed by atoms with Crippen LogP contribution in [0.15, 0.2) is 12.1 Å². The lowest BCUT2D eigenvalue weighted by molar-refractivity contribution is 0.167. The summed E-state index contributed by atoms with van der Waals surface area (Å²) in [5.41, 5.74) is 0. The Kier molecular flexibility index (Phi) is 9.19. The van der Waals surface area contributed by atoms with E-state index in [1.165, 1.54) is 49.8 Å². The third-order valence-corrected chi connectivity index (χ3v) is 5.02. The number of unbranched alkanes of at least 4 members (excludes halogenated alkanes) is 7. The summed E-state index contributed by atoms with van der Waals surface area (Å²) in [6.45, 7) is 4.43. The zero-order chi connectivity index (χ0) is 13.9. The van der Waals surface area contributed by atoms with E-state index in [-0.39, 0.29) is 6.10 Å². The average molecular weight is 282 g/mol. The van der Waals surface area contributed by atoms with Gasteiger partial charge in [0.2, 0.25) is 0 Å². The lowest BCUT2D eigenvalue weighted by atomic mass is 10.1. The van der Waals surface area contributed by atoms with Gasteiger partial charge in [0.25, 0.3) is 0 Å². The van der Waals surface area contributed by atoms with E-state index in [4.69, 9.17) is 0 Å². The highest BCUT2D eigenvalue weighted by Crippen LogP contribution is 2.27. The summed E-state index contributed by atoms with van der Waals surface area (Å²) in [7, 11) is 0. The SMILES string of the molecule is CCCCCCCCCCC(O)c1ccc(CC)s1. The number of aliphatic hydroxyl groups excluding tert-OH is 1. The Morgan fingerprint density at radius 2 is 1.58 bits per heavy atom. The van der Waals surface area contributed by atoms with Crippen LogP contribution in [-0.4, -0.2) is 5.11 Å². The highest BCUT2D eigenvalue weighted by Gasteiger charge is 2.09. The maximum atomic E-state index is 10.1. The summed E-state index contributed by atoms with van der Waals surface area (Å²) in [6.07, 6.45) is 12.4. The summed E-state index contributed by atoms with van der Waals surface area (Å²) in [6, 6.07) is 4.25. The van der Waals surface area contributed by atoms with Gasteiger partial charge in [0.05, 0.1) is 6.10 Å². The van der Waals surface area contributed by atoms with E-state index < -0.39 is 0 Å². The van der Waals surface area contributed by atoms with Gasteiger partial charge in [-0.15, -0.1) is 11.3 Å². The Balaban J connectivity index is 2.02. The van der Waals surface area contributed by atoms with E-state index in [0.717, 1.165) is 24.1 Å². The van der Waals surface area contributed by atoms with Crippen molar-refractivity contribution in [3.8, 4) is 0 Å². The monoisotopic (exact) mass is 282 g/mol. The normalized spacial score (nSPS) is 12.8. The Morgan fingerprint density at radius 1 is 0.947 bits per heavy atom. The average Bonchev–Trinajstić information content (AvgIpc) is 2.90. The van der Waals surface area contributed by atoms with Crippen LogP contribution in [0.1, 0.15) is 87.5 Å². The minimum Gasteiger partial charge on any atom is -0.388 e. The largest absolute Gasteiger partial charge is 0.388 e. The van der Waals surface area contributed by atoms with Gasteiger partial charge in [-0.3, -0.25) is 0 Å². The standard InChI is InChI=1S/C17H30OS/c1-3-5-6-7-8-9-10-11-12-16(18)17-14-13-15(4-2)19-17/h13-14,16,18H,3-12H2,1-2H3. The molecule has 1 rings (SSSR count). The molecule has 19 heavy (non-hydrogen) atoms. The van der Waals surface area contributed by atoms with Crippen LogP contribution in [0.25, 0.3) is 0 Å². The van der Waals surface area contributed by atoms with Gasteiger partial charge in [-0.2, -0.15) is 0 Å². The number of hydrogen-bond donors (Lipinski definition) is 1. The Bertz CT molecular complexity index is 319. The zero-order valence-corrected chi connectivity index (χ0v) is 13.5. The Hall–Kier alpha value is -0.340. The topological polar surface area (TPSA) is 20.2 Å². The van der Waals surface area contributed by atoms with E-state index in [1.807, 2.05) is 0 Å². The van der Waals surface area contributed by atoms with Gasteiger partial charge < -0.3 is 5.11 Å². The van der Waals surface area contributed by atoms with Gasteiger partial charge in [0.1, 0.15) is 0 Å². The molecule has 1 nitrogen and oxygen atoms in total. The molecule has 0 aliphatic heterocycles. The maximum Gasteiger partial charge on any atom is 0.0882 e. The molecule has 0 saturated heterocycles. The van der Waals surface area contributed by atoms with Crippen LogP contribution < -0.4 is 0 Å². The highest BCUT2D eigenvalue weighted by molar-refractivity contribution is 7.12. The molecule has 0 spiro atoms. The van der Waals surface area contributed by atoms with Crippen LogP contribution in [0.4, 0.5) is 0 Å². The first-order valence-electron chi connectivity index (χ1n) is 8.04. The van der Waals surface area contributed by atoms with Crippen LogP contribution in [0.2, 0.25) is 0 Å². The van der Waals surface area contributed by atoms with Gasteiger partial charge in [-0.1, -0.05) is 65.2 Å². The van der Waals surface area contributed by atoms with E-state index in [9.17, 15) is 5.11 Å². The van der Waals surface area contributed by atoms with Crippen molar-refractivity contribution in [2.75, 3.05) is 0 Å². The first-order chi connectivity index (χ1) is 9.27. The second-order valence-corrected chi connectivity index (χ2v) is 6.64. The van der Waals surface area contributed by atoms with Gasteiger partial charge in [-0.25, -0.2) is 0 Å². The summed E-state index contributed by atoms with van der Waals surface area (Å²) < 4.78 is 0. The first kappa shape index (κ1) is 16.7. The first-order valence-corrected chi connectivity index (χ1v) is 8.86. The molecule has 1 aromatic heterocycles. The van der Waals surface area contributed by atoms with Crippen molar-refractivity contribution >= 4 is 11.3 Å². The van der Waals surface area contributed by atoms with E-state index >= 15 is 0 Å². The lowest BCUT2D eigenvalue weighted by Crippen LogP contribution is -1.94. The molecule has 0 aliphatic carbocycles. The molecule has 1 aromatic rings. The number of rotatable bonds is 11. The third kappa shape index (κ3) is 7.12.